The number of piperidine rings is 1. The summed E-state index contributed by atoms with van der Waals surface area (Å²) in [6.07, 6.45) is 3.17. The molecule has 5 nitrogen and oxygen atoms in total. The van der Waals surface area contributed by atoms with Gasteiger partial charge < -0.3 is 16.4 Å². The summed E-state index contributed by atoms with van der Waals surface area (Å²) < 4.78 is 0. The van der Waals surface area contributed by atoms with Crippen molar-refractivity contribution in [3.8, 4) is 0 Å². The number of amides is 2. The molecule has 1 atom stereocenters. The van der Waals surface area contributed by atoms with Crippen molar-refractivity contribution < 1.29 is 9.59 Å². The van der Waals surface area contributed by atoms with E-state index in [-0.39, 0.29) is 23.1 Å². The fourth-order valence-corrected chi connectivity index (χ4v) is 2.71. The van der Waals surface area contributed by atoms with E-state index in [9.17, 15) is 9.59 Å². The minimum Gasteiger partial charge on any atom is -0.369 e. The number of carbonyl (C=O) groups is 2. The van der Waals surface area contributed by atoms with E-state index >= 15 is 0 Å². The predicted octanol–water partition coefficient (Wildman–Crippen LogP) is 0.00380. The number of nitrogens with one attached hydrogen (secondary N) is 2. The van der Waals surface area contributed by atoms with Crippen LogP contribution in [0.2, 0.25) is 0 Å². The van der Waals surface area contributed by atoms with Crippen LogP contribution in [0.4, 0.5) is 0 Å². The lowest BCUT2D eigenvalue weighted by Crippen LogP contribution is -2.43. The van der Waals surface area contributed by atoms with E-state index in [1.54, 1.807) is 13.8 Å². The van der Waals surface area contributed by atoms with Gasteiger partial charge in [-0.1, -0.05) is 0 Å². The van der Waals surface area contributed by atoms with E-state index in [0.29, 0.717) is 6.54 Å². The van der Waals surface area contributed by atoms with Gasteiger partial charge in [-0.3, -0.25) is 9.59 Å². The van der Waals surface area contributed by atoms with E-state index in [1.165, 1.54) is 0 Å². The van der Waals surface area contributed by atoms with Crippen LogP contribution in [0, 0.1) is 16.7 Å². The minimum absolute atomic E-state index is 0.0891. The lowest BCUT2D eigenvalue weighted by atomic mass is 9.90. The molecule has 102 valence electrons. The standard InChI is InChI=1S/C13H23N3O2/c1-12(2,11(14)18)8-16-10(17)9-7-13(9)3-5-15-6-4-13/h9,15H,3-8H2,1-2H3,(H2,14,18)(H,16,17). The normalized spacial score (nSPS) is 25.8. The van der Waals surface area contributed by atoms with Gasteiger partial charge in [-0.2, -0.15) is 0 Å². The van der Waals surface area contributed by atoms with Gasteiger partial charge in [-0.15, -0.1) is 0 Å². The molecule has 0 aromatic heterocycles. The molecule has 2 fully saturated rings. The molecule has 0 aromatic rings. The average molecular weight is 253 g/mol. The number of hydrogen-bond acceptors (Lipinski definition) is 3. The lowest BCUT2D eigenvalue weighted by molar-refractivity contribution is -0.127. The fourth-order valence-electron chi connectivity index (χ4n) is 2.71. The Kier molecular flexibility index (Phi) is 3.36. The first-order chi connectivity index (χ1) is 8.37. The highest BCUT2D eigenvalue weighted by Crippen LogP contribution is 2.58. The third-order valence-corrected chi connectivity index (χ3v) is 4.48. The zero-order chi connectivity index (χ0) is 13.4. The zero-order valence-corrected chi connectivity index (χ0v) is 11.2. The van der Waals surface area contributed by atoms with Gasteiger partial charge in [0.2, 0.25) is 11.8 Å². The van der Waals surface area contributed by atoms with E-state index < -0.39 is 5.41 Å². The summed E-state index contributed by atoms with van der Waals surface area (Å²) in [4.78, 5) is 23.2. The second kappa shape index (κ2) is 4.53. The number of primary amides is 1. The molecule has 0 bridgehead atoms. The maximum absolute atomic E-state index is 12.1. The Morgan fingerprint density at radius 2 is 2.00 bits per heavy atom. The minimum atomic E-state index is -0.675. The first-order valence-electron chi connectivity index (χ1n) is 6.66. The molecule has 1 saturated carbocycles. The van der Waals surface area contributed by atoms with Crippen molar-refractivity contribution in [2.24, 2.45) is 22.5 Å². The summed E-state index contributed by atoms with van der Waals surface area (Å²) in [5.74, 6) is -0.148. The molecule has 2 rings (SSSR count). The molecule has 1 saturated heterocycles. The van der Waals surface area contributed by atoms with Crippen molar-refractivity contribution >= 4 is 11.8 Å². The van der Waals surface area contributed by atoms with Crippen molar-refractivity contribution in [2.75, 3.05) is 19.6 Å². The van der Waals surface area contributed by atoms with Gasteiger partial charge in [0, 0.05) is 12.5 Å². The summed E-state index contributed by atoms with van der Waals surface area (Å²) in [5, 5.41) is 6.20. The van der Waals surface area contributed by atoms with E-state index in [1.807, 2.05) is 0 Å². The maximum Gasteiger partial charge on any atom is 0.224 e. The Hall–Kier alpha value is -1.10. The fraction of sp³-hybridized carbons (Fsp3) is 0.846. The monoisotopic (exact) mass is 253 g/mol. The molecule has 0 radical (unpaired) electrons. The molecule has 1 aliphatic heterocycles. The van der Waals surface area contributed by atoms with Crippen molar-refractivity contribution in [3.05, 3.63) is 0 Å². The highest BCUT2D eigenvalue weighted by molar-refractivity contribution is 5.84. The molecule has 1 aliphatic carbocycles. The number of carbonyl (C=O) groups excluding carboxylic acids is 2. The molecule has 1 spiro atoms. The quantitative estimate of drug-likeness (QED) is 0.659. The van der Waals surface area contributed by atoms with Crippen LogP contribution in [0.25, 0.3) is 0 Å². The average Bonchev–Trinajstić information content (AvgIpc) is 3.01. The third kappa shape index (κ3) is 2.51. The maximum atomic E-state index is 12.1. The van der Waals surface area contributed by atoms with E-state index in [2.05, 4.69) is 10.6 Å². The molecule has 1 unspecified atom stereocenters. The van der Waals surface area contributed by atoms with Crippen molar-refractivity contribution in [2.45, 2.75) is 33.1 Å². The molecule has 2 amide bonds. The van der Waals surface area contributed by atoms with Crippen molar-refractivity contribution in [3.63, 3.8) is 0 Å². The highest BCUT2D eigenvalue weighted by Gasteiger charge is 2.57. The van der Waals surface area contributed by atoms with E-state index in [0.717, 1.165) is 32.4 Å². The molecule has 5 heteroatoms. The van der Waals surface area contributed by atoms with Crippen molar-refractivity contribution in [1.29, 1.82) is 0 Å². The number of hydrogen-bond donors (Lipinski definition) is 3. The summed E-state index contributed by atoms with van der Waals surface area (Å²) in [6, 6.07) is 0. The largest absolute Gasteiger partial charge is 0.369 e. The zero-order valence-electron chi connectivity index (χ0n) is 11.2. The first-order valence-corrected chi connectivity index (χ1v) is 6.66. The molecule has 18 heavy (non-hydrogen) atoms. The Morgan fingerprint density at radius 1 is 1.39 bits per heavy atom. The number of nitrogens with two attached hydrogens (primary N) is 1. The summed E-state index contributed by atoms with van der Waals surface area (Å²) in [7, 11) is 0. The Labute approximate surface area is 108 Å². The number of rotatable bonds is 4. The Morgan fingerprint density at radius 3 is 2.56 bits per heavy atom. The van der Waals surface area contributed by atoms with Gasteiger partial charge in [0.1, 0.15) is 0 Å². The smallest absolute Gasteiger partial charge is 0.224 e. The van der Waals surface area contributed by atoms with Crippen molar-refractivity contribution in [1.82, 2.24) is 10.6 Å². The third-order valence-electron chi connectivity index (χ3n) is 4.48. The van der Waals surface area contributed by atoms with Gasteiger partial charge in [0.15, 0.2) is 0 Å². The SMILES string of the molecule is CC(C)(CNC(=O)C1CC12CCNCC2)C(N)=O. The van der Waals surface area contributed by atoms with Gasteiger partial charge in [-0.25, -0.2) is 0 Å². The van der Waals surface area contributed by atoms with Crippen LogP contribution in [0.1, 0.15) is 33.1 Å². The van der Waals surface area contributed by atoms with Gasteiger partial charge in [0.25, 0.3) is 0 Å². The molecular formula is C13H23N3O2. The van der Waals surface area contributed by atoms with Gasteiger partial charge >= 0.3 is 0 Å². The van der Waals surface area contributed by atoms with Gasteiger partial charge in [0.05, 0.1) is 5.41 Å². The van der Waals surface area contributed by atoms with Crippen LogP contribution >= 0.6 is 0 Å². The van der Waals surface area contributed by atoms with E-state index in [4.69, 9.17) is 5.73 Å². The Balaban J connectivity index is 1.82. The first kappa shape index (κ1) is 13.3. The van der Waals surface area contributed by atoms with Crippen LogP contribution in [-0.2, 0) is 9.59 Å². The van der Waals surface area contributed by atoms with Crippen LogP contribution in [-0.4, -0.2) is 31.4 Å². The predicted molar refractivity (Wildman–Crippen MR) is 68.6 cm³/mol. The molecule has 1 heterocycles. The highest BCUT2D eigenvalue weighted by atomic mass is 16.2. The molecule has 4 N–H and O–H groups in total. The van der Waals surface area contributed by atoms with Crippen LogP contribution in [0.15, 0.2) is 0 Å². The Bertz CT molecular complexity index is 359. The lowest BCUT2D eigenvalue weighted by Gasteiger charge is -2.24. The summed E-state index contributed by atoms with van der Waals surface area (Å²) >= 11 is 0. The van der Waals surface area contributed by atoms with Crippen LogP contribution in [0.5, 0.6) is 0 Å². The van der Waals surface area contributed by atoms with Crippen LogP contribution in [0.3, 0.4) is 0 Å². The second-order valence-corrected chi connectivity index (χ2v) is 6.34. The molecule has 2 aliphatic rings. The topological polar surface area (TPSA) is 84.2 Å². The van der Waals surface area contributed by atoms with Gasteiger partial charge in [-0.05, 0) is 51.6 Å². The molecule has 0 aromatic carbocycles. The summed E-state index contributed by atoms with van der Waals surface area (Å²) in [6.45, 7) is 5.85. The summed E-state index contributed by atoms with van der Waals surface area (Å²) in [5.41, 5.74) is 4.85. The van der Waals surface area contributed by atoms with Crippen LogP contribution < -0.4 is 16.4 Å². The molecular weight excluding hydrogens is 230 g/mol. The second-order valence-electron chi connectivity index (χ2n) is 6.34.